The van der Waals surface area contributed by atoms with Crippen molar-refractivity contribution in [3.05, 3.63) is 93.2 Å². The predicted octanol–water partition coefficient (Wildman–Crippen LogP) is 6.23. The normalized spacial score (nSPS) is 10.9. The number of rotatable bonds is 9. The third-order valence-electron chi connectivity index (χ3n) is 4.20. The average Bonchev–Trinajstić information content (AvgIpc) is 2.73. The third kappa shape index (κ3) is 6.12. The maximum atomic E-state index is 13.0. The first-order valence-corrected chi connectivity index (χ1v) is 10.2. The molecule has 30 heavy (non-hydrogen) atoms. The Balaban J connectivity index is 1.63. The Kier molecular flexibility index (Phi) is 7.94. The number of ether oxygens (including phenoxy) is 2. The third-order valence-corrected chi connectivity index (χ3v) is 4.91. The summed E-state index contributed by atoms with van der Waals surface area (Å²) in [7, 11) is 0. The van der Waals surface area contributed by atoms with Gasteiger partial charge in [-0.05, 0) is 60.5 Å². The monoisotopic (exact) mass is 446 g/mol. The molecule has 0 saturated carbocycles. The molecule has 0 aliphatic heterocycles. The van der Waals surface area contributed by atoms with Gasteiger partial charge in [0.15, 0.2) is 11.5 Å². The highest BCUT2D eigenvalue weighted by Crippen LogP contribution is 2.29. The van der Waals surface area contributed by atoms with E-state index in [0.29, 0.717) is 41.3 Å². The molecular formula is C23H21Cl2FN2O2. The Morgan fingerprint density at radius 3 is 2.40 bits per heavy atom. The smallest absolute Gasteiger partial charge is 0.161 e. The number of nitrogens with one attached hydrogen (secondary N) is 1. The van der Waals surface area contributed by atoms with Gasteiger partial charge in [-0.15, -0.1) is 0 Å². The zero-order chi connectivity index (χ0) is 21.3. The molecule has 3 aromatic carbocycles. The predicted molar refractivity (Wildman–Crippen MR) is 119 cm³/mol. The summed E-state index contributed by atoms with van der Waals surface area (Å²) >= 11 is 12.3. The van der Waals surface area contributed by atoms with Crippen LogP contribution in [0.3, 0.4) is 0 Å². The van der Waals surface area contributed by atoms with Gasteiger partial charge in [0, 0.05) is 15.6 Å². The Morgan fingerprint density at radius 1 is 0.967 bits per heavy atom. The topological polar surface area (TPSA) is 42.8 Å². The summed E-state index contributed by atoms with van der Waals surface area (Å²) in [6.07, 6.45) is 1.68. The van der Waals surface area contributed by atoms with Crippen LogP contribution in [0, 0.1) is 5.82 Å². The minimum atomic E-state index is -0.275. The van der Waals surface area contributed by atoms with Crippen LogP contribution in [-0.2, 0) is 13.2 Å². The van der Waals surface area contributed by atoms with Crippen LogP contribution in [0.15, 0.2) is 65.8 Å². The highest BCUT2D eigenvalue weighted by atomic mass is 35.5. The van der Waals surface area contributed by atoms with Gasteiger partial charge in [-0.3, -0.25) is 0 Å². The van der Waals surface area contributed by atoms with Gasteiger partial charge in [0.25, 0.3) is 0 Å². The van der Waals surface area contributed by atoms with Gasteiger partial charge in [-0.1, -0.05) is 41.4 Å². The van der Waals surface area contributed by atoms with E-state index < -0.39 is 0 Å². The molecular weight excluding hydrogens is 426 g/mol. The van der Waals surface area contributed by atoms with Crippen LogP contribution in [0.4, 0.5) is 4.39 Å². The van der Waals surface area contributed by atoms with E-state index in [1.165, 1.54) is 12.1 Å². The van der Waals surface area contributed by atoms with Crippen molar-refractivity contribution < 1.29 is 13.9 Å². The molecule has 0 radical (unpaired) electrons. The summed E-state index contributed by atoms with van der Waals surface area (Å²) in [5.74, 6) is 0.939. The minimum Gasteiger partial charge on any atom is -0.490 e. The molecule has 0 amide bonds. The van der Waals surface area contributed by atoms with Crippen LogP contribution >= 0.6 is 23.2 Å². The summed E-state index contributed by atoms with van der Waals surface area (Å²) in [5.41, 5.74) is 5.44. The lowest BCUT2D eigenvalue weighted by molar-refractivity contribution is 0.269. The lowest BCUT2D eigenvalue weighted by Crippen LogP contribution is -2.07. The standard InChI is InChI=1S/C23H21Cl2FN2O2/c1-2-29-23-12-17(13-27-28-14-19-20(24)4-3-5-21(19)25)8-11-22(23)30-15-16-6-9-18(26)10-7-16/h3-13,28H,2,14-15H2,1H3/b27-13-. The molecule has 7 heteroatoms. The van der Waals surface area contributed by atoms with Crippen molar-refractivity contribution in [2.24, 2.45) is 5.10 Å². The summed E-state index contributed by atoms with van der Waals surface area (Å²) in [6, 6.07) is 17.1. The average molecular weight is 447 g/mol. The molecule has 3 rings (SSSR count). The summed E-state index contributed by atoms with van der Waals surface area (Å²) in [6.45, 7) is 3.12. The quantitative estimate of drug-likeness (QED) is 0.312. The van der Waals surface area contributed by atoms with E-state index in [9.17, 15) is 4.39 Å². The van der Waals surface area contributed by atoms with Gasteiger partial charge in [-0.25, -0.2) is 4.39 Å². The number of hydrogen-bond acceptors (Lipinski definition) is 4. The fourth-order valence-corrected chi connectivity index (χ4v) is 3.21. The fourth-order valence-electron chi connectivity index (χ4n) is 2.68. The van der Waals surface area contributed by atoms with Gasteiger partial charge in [-0.2, -0.15) is 5.10 Å². The highest BCUT2D eigenvalue weighted by Gasteiger charge is 2.07. The molecule has 0 atom stereocenters. The van der Waals surface area contributed by atoms with Gasteiger partial charge < -0.3 is 14.9 Å². The van der Waals surface area contributed by atoms with Crippen molar-refractivity contribution in [2.45, 2.75) is 20.1 Å². The largest absolute Gasteiger partial charge is 0.490 e. The lowest BCUT2D eigenvalue weighted by atomic mass is 10.2. The Morgan fingerprint density at radius 2 is 1.70 bits per heavy atom. The van der Waals surface area contributed by atoms with Crippen molar-refractivity contribution in [1.29, 1.82) is 0 Å². The van der Waals surface area contributed by atoms with E-state index >= 15 is 0 Å². The van der Waals surface area contributed by atoms with Crippen LogP contribution < -0.4 is 14.9 Å². The van der Waals surface area contributed by atoms with Crippen LogP contribution in [0.5, 0.6) is 11.5 Å². The summed E-state index contributed by atoms with van der Waals surface area (Å²) < 4.78 is 24.6. The zero-order valence-corrected chi connectivity index (χ0v) is 17.9. The first-order valence-electron chi connectivity index (χ1n) is 9.39. The number of hydrazone groups is 1. The van der Waals surface area contributed by atoms with E-state index in [1.54, 1.807) is 36.5 Å². The van der Waals surface area contributed by atoms with E-state index in [1.807, 2.05) is 25.1 Å². The van der Waals surface area contributed by atoms with E-state index in [2.05, 4.69) is 10.5 Å². The van der Waals surface area contributed by atoms with Crippen molar-refractivity contribution in [3.63, 3.8) is 0 Å². The molecule has 0 heterocycles. The molecule has 0 aliphatic carbocycles. The van der Waals surface area contributed by atoms with Gasteiger partial charge in [0.1, 0.15) is 12.4 Å². The second kappa shape index (κ2) is 10.9. The summed E-state index contributed by atoms with van der Waals surface area (Å²) in [5, 5.41) is 5.41. The van der Waals surface area contributed by atoms with Gasteiger partial charge >= 0.3 is 0 Å². The van der Waals surface area contributed by atoms with Crippen LogP contribution in [0.25, 0.3) is 0 Å². The first kappa shape index (κ1) is 21.9. The Hall–Kier alpha value is -2.76. The molecule has 1 N–H and O–H groups in total. The fraction of sp³-hybridized carbons (Fsp3) is 0.174. The molecule has 0 saturated heterocycles. The van der Waals surface area contributed by atoms with E-state index in [0.717, 1.165) is 16.7 Å². The maximum Gasteiger partial charge on any atom is 0.161 e. The first-order chi connectivity index (χ1) is 14.6. The highest BCUT2D eigenvalue weighted by molar-refractivity contribution is 6.35. The minimum absolute atomic E-state index is 0.275. The summed E-state index contributed by atoms with van der Waals surface area (Å²) in [4.78, 5) is 0. The van der Waals surface area contributed by atoms with Crippen LogP contribution in [0.1, 0.15) is 23.6 Å². The number of halogens is 3. The van der Waals surface area contributed by atoms with Crippen LogP contribution in [0.2, 0.25) is 10.0 Å². The van der Waals surface area contributed by atoms with Crippen molar-refractivity contribution in [3.8, 4) is 11.5 Å². The molecule has 0 bridgehead atoms. The Bertz CT molecular complexity index is 990. The molecule has 0 unspecified atom stereocenters. The molecule has 0 spiro atoms. The second-order valence-corrected chi connectivity index (χ2v) is 7.16. The van der Waals surface area contributed by atoms with Crippen LogP contribution in [-0.4, -0.2) is 12.8 Å². The molecule has 156 valence electrons. The van der Waals surface area contributed by atoms with Crippen molar-refractivity contribution in [1.82, 2.24) is 5.43 Å². The van der Waals surface area contributed by atoms with Crippen molar-refractivity contribution in [2.75, 3.05) is 6.61 Å². The van der Waals surface area contributed by atoms with Gasteiger partial charge in [0.05, 0.1) is 19.4 Å². The number of nitrogens with zero attached hydrogens (tertiary/aromatic N) is 1. The number of hydrogen-bond donors (Lipinski definition) is 1. The van der Waals surface area contributed by atoms with Gasteiger partial charge in [0.2, 0.25) is 0 Å². The molecule has 0 aliphatic rings. The second-order valence-electron chi connectivity index (χ2n) is 6.35. The molecule has 3 aromatic rings. The Labute approximate surface area is 185 Å². The van der Waals surface area contributed by atoms with Crippen molar-refractivity contribution >= 4 is 29.4 Å². The molecule has 0 fully saturated rings. The zero-order valence-electron chi connectivity index (χ0n) is 16.4. The maximum absolute atomic E-state index is 13.0. The SMILES string of the molecule is CCOc1cc(/C=N\NCc2c(Cl)cccc2Cl)ccc1OCc1ccc(F)cc1. The molecule has 0 aromatic heterocycles. The number of benzene rings is 3. The lowest BCUT2D eigenvalue weighted by Gasteiger charge is -2.12. The van der Waals surface area contributed by atoms with E-state index in [-0.39, 0.29) is 5.82 Å². The van der Waals surface area contributed by atoms with E-state index in [4.69, 9.17) is 32.7 Å². The molecule has 4 nitrogen and oxygen atoms in total.